The highest BCUT2D eigenvalue weighted by Crippen LogP contribution is 2.27. The van der Waals surface area contributed by atoms with Gasteiger partial charge in [0.1, 0.15) is 13.5 Å². The monoisotopic (exact) mass is 209 g/mol. The second kappa shape index (κ2) is 6.56. The van der Waals surface area contributed by atoms with E-state index in [0.29, 0.717) is 11.5 Å². The van der Waals surface area contributed by atoms with Crippen LogP contribution in [0.5, 0.6) is 0 Å². The molecule has 1 N–H and O–H groups in total. The number of nitrogens with one attached hydrogen (secondary N) is 1. The summed E-state index contributed by atoms with van der Waals surface area (Å²) in [6.07, 6.45) is 7.83. The Labute approximate surface area is 93.9 Å². The van der Waals surface area contributed by atoms with Gasteiger partial charge in [0.05, 0.1) is 0 Å². The molecule has 1 atom stereocenters. The lowest BCUT2D eigenvalue weighted by atomic mass is 9.81. The molecule has 0 amide bonds. The van der Waals surface area contributed by atoms with E-state index in [1.807, 2.05) is 0 Å². The van der Waals surface area contributed by atoms with E-state index in [9.17, 15) is 4.39 Å². The number of halogens is 1. The SMILES string of the molecule is BCC(CCNC#C)CC(=C)C(C)(C)F. The minimum Gasteiger partial charge on any atom is -0.346 e. The van der Waals surface area contributed by atoms with Gasteiger partial charge in [-0.3, -0.25) is 0 Å². The second-order valence-corrected chi connectivity index (χ2v) is 4.41. The molecule has 0 aromatic heterocycles. The first-order chi connectivity index (χ1) is 6.91. The average molecular weight is 209 g/mol. The fraction of sp³-hybridized carbons (Fsp3) is 0.667. The van der Waals surface area contributed by atoms with Gasteiger partial charge in [0.15, 0.2) is 0 Å². The average Bonchev–Trinajstić information content (AvgIpc) is 2.14. The van der Waals surface area contributed by atoms with Crippen LogP contribution >= 0.6 is 0 Å². The third-order valence-corrected chi connectivity index (χ3v) is 2.73. The van der Waals surface area contributed by atoms with Crippen molar-refractivity contribution in [2.75, 3.05) is 6.54 Å². The fourth-order valence-corrected chi connectivity index (χ4v) is 1.39. The van der Waals surface area contributed by atoms with E-state index in [2.05, 4.69) is 25.8 Å². The van der Waals surface area contributed by atoms with Crippen molar-refractivity contribution in [1.29, 1.82) is 0 Å². The molecule has 0 aliphatic rings. The molecule has 0 rings (SSSR count). The van der Waals surface area contributed by atoms with Crippen LogP contribution in [0.2, 0.25) is 6.32 Å². The van der Waals surface area contributed by atoms with Crippen LogP contribution in [-0.2, 0) is 0 Å². The van der Waals surface area contributed by atoms with Crippen molar-refractivity contribution in [3.8, 4) is 12.5 Å². The predicted molar refractivity (Wildman–Crippen MR) is 67.2 cm³/mol. The predicted octanol–water partition coefficient (Wildman–Crippen LogP) is 1.92. The first kappa shape index (κ1) is 14.1. The van der Waals surface area contributed by atoms with Crippen molar-refractivity contribution >= 4 is 7.85 Å². The zero-order chi connectivity index (χ0) is 11.9. The molecule has 0 saturated heterocycles. The van der Waals surface area contributed by atoms with E-state index < -0.39 is 5.67 Å². The van der Waals surface area contributed by atoms with Crippen molar-refractivity contribution in [3.05, 3.63) is 12.2 Å². The molecule has 0 aromatic carbocycles. The molecule has 0 bridgehead atoms. The van der Waals surface area contributed by atoms with Crippen LogP contribution in [0.3, 0.4) is 0 Å². The van der Waals surface area contributed by atoms with E-state index in [-0.39, 0.29) is 0 Å². The zero-order valence-electron chi connectivity index (χ0n) is 10.1. The standard InChI is InChI=1S/C12H21BFN/c1-5-15-7-6-11(9-13)8-10(2)12(3,4)14/h1,11,15H,2,6-9,13H2,3-4H3. The number of allylic oxidation sites excluding steroid dienone is 1. The van der Waals surface area contributed by atoms with Gasteiger partial charge in [-0.2, -0.15) is 0 Å². The Hall–Kier alpha value is -0.905. The molecule has 0 spiro atoms. The third-order valence-electron chi connectivity index (χ3n) is 2.73. The van der Waals surface area contributed by atoms with Gasteiger partial charge in [0.25, 0.3) is 0 Å². The largest absolute Gasteiger partial charge is 0.346 e. The topological polar surface area (TPSA) is 12.0 Å². The maximum atomic E-state index is 13.5. The number of alkyl halides is 1. The van der Waals surface area contributed by atoms with Gasteiger partial charge in [-0.15, -0.1) is 0 Å². The Kier molecular flexibility index (Phi) is 6.16. The van der Waals surface area contributed by atoms with Gasteiger partial charge in [0.2, 0.25) is 0 Å². The van der Waals surface area contributed by atoms with Gasteiger partial charge in [-0.1, -0.05) is 19.3 Å². The Bertz CT molecular complexity index is 237. The van der Waals surface area contributed by atoms with Crippen LogP contribution in [0.25, 0.3) is 0 Å². The van der Waals surface area contributed by atoms with E-state index >= 15 is 0 Å². The Morgan fingerprint density at radius 1 is 1.67 bits per heavy atom. The molecule has 0 aliphatic carbocycles. The third kappa shape index (κ3) is 6.22. The van der Waals surface area contributed by atoms with Crippen molar-refractivity contribution in [2.24, 2.45) is 5.92 Å². The van der Waals surface area contributed by atoms with E-state index in [0.717, 1.165) is 25.7 Å². The molecule has 84 valence electrons. The van der Waals surface area contributed by atoms with Crippen molar-refractivity contribution in [2.45, 2.75) is 38.7 Å². The Balaban J connectivity index is 4.00. The minimum atomic E-state index is -1.27. The lowest BCUT2D eigenvalue weighted by Crippen LogP contribution is -2.19. The van der Waals surface area contributed by atoms with Gasteiger partial charge < -0.3 is 5.32 Å². The van der Waals surface area contributed by atoms with E-state index in [4.69, 9.17) is 6.42 Å². The number of terminal acetylenes is 1. The molecule has 0 heterocycles. The molecule has 0 aromatic rings. The summed E-state index contributed by atoms with van der Waals surface area (Å²) in [6.45, 7) is 7.71. The molecule has 0 aliphatic heterocycles. The molecule has 0 fully saturated rings. The van der Waals surface area contributed by atoms with Gasteiger partial charge in [-0.25, -0.2) is 4.39 Å². The molecule has 1 unspecified atom stereocenters. The smallest absolute Gasteiger partial charge is 0.126 e. The Morgan fingerprint density at radius 3 is 2.67 bits per heavy atom. The lowest BCUT2D eigenvalue weighted by molar-refractivity contribution is 0.254. The van der Waals surface area contributed by atoms with E-state index in [1.165, 1.54) is 0 Å². The molecular formula is C12H21BFN. The summed E-state index contributed by atoms with van der Waals surface area (Å²) in [6, 6.07) is 2.38. The number of hydrogen-bond acceptors (Lipinski definition) is 1. The van der Waals surface area contributed by atoms with Crippen LogP contribution in [-0.4, -0.2) is 20.1 Å². The normalized spacial score (nSPS) is 12.9. The summed E-state index contributed by atoms with van der Waals surface area (Å²) in [4.78, 5) is 0. The van der Waals surface area contributed by atoms with Crippen LogP contribution in [0.15, 0.2) is 12.2 Å². The van der Waals surface area contributed by atoms with Gasteiger partial charge in [-0.05, 0) is 38.2 Å². The minimum absolute atomic E-state index is 0.466. The summed E-state index contributed by atoms with van der Waals surface area (Å²) < 4.78 is 13.5. The second-order valence-electron chi connectivity index (χ2n) is 4.41. The summed E-state index contributed by atoms with van der Waals surface area (Å²) in [7, 11) is 2.11. The number of hydrogen-bond donors (Lipinski definition) is 1. The molecule has 0 saturated carbocycles. The number of rotatable bonds is 7. The van der Waals surface area contributed by atoms with Gasteiger partial charge >= 0.3 is 0 Å². The molecular weight excluding hydrogens is 188 g/mol. The summed E-state index contributed by atoms with van der Waals surface area (Å²) in [5.41, 5.74) is -0.595. The maximum absolute atomic E-state index is 13.5. The molecule has 0 radical (unpaired) electrons. The summed E-state index contributed by atoms with van der Waals surface area (Å²) in [5.74, 6) is 0.466. The zero-order valence-corrected chi connectivity index (χ0v) is 10.1. The van der Waals surface area contributed by atoms with Crippen molar-refractivity contribution < 1.29 is 4.39 Å². The van der Waals surface area contributed by atoms with Crippen LogP contribution in [0.1, 0.15) is 26.7 Å². The highest BCUT2D eigenvalue weighted by molar-refractivity contribution is 6.08. The van der Waals surface area contributed by atoms with Crippen molar-refractivity contribution in [3.63, 3.8) is 0 Å². The molecule has 1 nitrogen and oxygen atoms in total. The van der Waals surface area contributed by atoms with Crippen LogP contribution in [0, 0.1) is 18.4 Å². The fourth-order valence-electron chi connectivity index (χ4n) is 1.39. The summed E-state index contributed by atoms with van der Waals surface area (Å²) >= 11 is 0. The quantitative estimate of drug-likeness (QED) is 0.222. The summed E-state index contributed by atoms with van der Waals surface area (Å²) in [5, 5.41) is 2.83. The van der Waals surface area contributed by atoms with Gasteiger partial charge in [0, 0.05) is 12.6 Å². The molecule has 15 heavy (non-hydrogen) atoms. The maximum Gasteiger partial charge on any atom is 0.126 e. The van der Waals surface area contributed by atoms with Crippen molar-refractivity contribution in [1.82, 2.24) is 5.32 Å². The lowest BCUT2D eigenvalue weighted by Gasteiger charge is -2.22. The highest BCUT2D eigenvalue weighted by Gasteiger charge is 2.22. The molecule has 3 heteroatoms. The first-order valence-corrected chi connectivity index (χ1v) is 5.47. The van der Waals surface area contributed by atoms with Crippen LogP contribution < -0.4 is 5.32 Å². The van der Waals surface area contributed by atoms with Crippen LogP contribution in [0.4, 0.5) is 4.39 Å². The Morgan fingerprint density at radius 2 is 2.27 bits per heavy atom. The first-order valence-electron chi connectivity index (χ1n) is 5.47. The van der Waals surface area contributed by atoms with E-state index in [1.54, 1.807) is 13.8 Å². The highest BCUT2D eigenvalue weighted by atomic mass is 19.1.